The number of benzene rings is 1. The Hall–Kier alpha value is -1.88. The van der Waals surface area contributed by atoms with Gasteiger partial charge < -0.3 is 15.3 Å². The number of anilines is 1. The molecule has 1 saturated heterocycles. The summed E-state index contributed by atoms with van der Waals surface area (Å²) in [5, 5.41) is 12.0. The van der Waals surface area contributed by atoms with Gasteiger partial charge in [0.2, 0.25) is 5.91 Å². The number of rotatable bonds is 5. The first-order chi connectivity index (χ1) is 9.99. The summed E-state index contributed by atoms with van der Waals surface area (Å²) in [6, 6.07) is 5.55. The molecule has 114 valence electrons. The van der Waals surface area contributed by atoms with Gasteiger partial charge in [-0.15, -0.1) is 0 Å². The average Bonchev–Trinajstić information content (AvgIpc) is 2.84. The molecule has 0 radical (unpaired) electrons. The number of aliphatic hydroxyl groups is 1. The number of nitrogens with one attached hydrogen (secondary N) is 1. The highest BCUT2D eigenvalue weighted by molar-refractivity contribution is 6.05. The topological polar surface area (TPSA) is 69.6 Å². The van der Waals surface area contributed by atoms with Gasteiger partial charge in [-0.3, -0.25) is 9.59 Å². The zero-order chi connectivity index (χ0) is 15.4. The fourth-order valence-corrected chi connectivity index (χ4v) is 2.46. The summed E-state index contributed by atoms with van der Waals surface area (Å²) in [4.78, 5) is 25.9. The minimum atomic E-state index is -0.442. The van der Waals surface area contributed by atoms with Gasteiger partial charge in [-0.05, 0) is 38.8 Å². The Morgan fingerprint density at radius 1 is 1.48 bits per heavy atom. The van der Waals surface area contributed by atoms with Crippen molar-refractivity contribution in [2.45, 2.75) is 39.2 Å². The van der Waals surface area contributed by atoms with Crippen molar-refractivity contribution in [2.75, 3.05) is 18.0 Å². The Bertz CT molecular complexity index is 540. The van der Waals surface area contributed by atoms with E-state index in [1.807, 2.05) is 19.1 Å². The number of aryl methyl sites for hydroxylation is 1. The molecule has 5 nitrogen and oxygen atoms in total. The molecular weight excluding hydrogens is 268 g/mol. The second-order valence-electron chi connectivity index (χ2n) is 5.56. The minimum absolute atomic E-state index is 0.0666. The maximum atomic E-state index is 12.3. The predicted octanol–water partition coefficient (Wildman–Crippen LogP) is 1.62. The molecule has 2 N–H and O–H groups in total. The highest BCUT2D eigenvalue weighted by Crippen LogP contribution is 2.26. The molecule has 1 atom stereocenters. The molecule has 21 heavy (non-hydrogen) atoms. The van der Waals surface area contributed by atoms with E-state index in [2.05, 4.69) is 5.32 Å². The van der Waals surface area contributed by atoms with Crippen LogP contribution in [0.4, 0.5) is 5.69 Å². The van der Waals surface area contributed by atoms with Crippen LogP contribution in [0.2, 0.25) is 0 Å². The van der Waals surface area contributed by atoms with Crippen LogP contribution in [0.1, 0.15) is 42.1 Å². The van der Waals surface area contributed by atoms with Crippen molar-refractivity contribution >= 4 is 17.5 Å². The van der Waals surface area contributed by atoms with Crippen LogP contribution >= 0.6 is 0 Å². The van der Waals surface area contributed by atoms with Gasteiger partial charge in [0.05, 0.1) is 17.4 Å². The Morgan fingerprint density at radius 3 is 2.86 bits per heavy atom. The highest BCUT2D eigenvalue weighted by Gasteiger charge is 2.25. The van der Waals surface area contributed by atoms with Gasteiger partial charge in [0.25, 0.3) is 5.91 Å². The third-order valence-electron chi connectivity index (χ3n) is 3.61. The van der Waals surface area contributed by atoms with E-state index in [0.29, 0.717) is 37.2 Å². The van der Waals surface area contributed by atoms with E-state index in [0.717, 1.165) is 12.0 Å². The summed E-state index contributed by atoms with van der Waals surface area (Å²) in [5.41, 5.74) is 2.18. The van der Waals surface area contributed by atoms with E-state index in [4.69, 9.17) is 0 Å². The maximum absolute atomic E-state index is 12.3. The Labute approximate surface area is 125 Å². The zero-order valence-electron chi connectivity index (χ0n) is 12.6. The molecule has 0 saturated carbocycles. The Kier molecular flexibility index (Phi) is 4.96. The largest absolute Gasteiger partial charge is 0.393 e. The van der Waals surface area contributed by atoms with Crippen molar-refractivity contribution in [3.8, 4) is 0 Å². The second-order valence-corrected chi connectivity index (χ2v) is 5.56. The fraction of sp³-hybridized carbons (Fsp3) is 0.500. The van der Waals surface area contributed by atoms with Gasteiger partial charge in [-0.2, -0.15) is 0 Å². The minimum Gasteiger partial charge on any atom is -0.393 e. The predicted molar refractivity (Wildman–Crippen MR) is 81.4 cm³/mol. The summed E-state index contributed by atoms with van der Waals surface area (Å²) in [5.74, 6) is -0.133. The molecule has 1 fully saturated rings. The summed E-state index contributed by atoms with van der Waals surface area (Å²) in [6.45, 7) is 4.68. The van der Waals surface area contributed by atoms with Crippen molar-refractivity contribution in [1.82, 2.24) is 5.32 Å². The lowest BCUT2D eigenvalue weighted by atomic mass is 10.1. The highest BCUT2D eigenvalue weighted by atomic mass is 16.3. The smallest absolute Gasteiger partial charge is 0.253 e. The number of nitrogens with zero attached hydrogens (tertiary/aromatic N) is 1. The van der Waals surface area contributed by atoms with Crippen molar-refractivity contribution in [2.24, 2.45) is 0 Å². The van der Waals surface area contributed by atoms with E-state index >= 15 is 0 Å². The van der Waals surface area contributed by atoms with Crippen molar-refractivity contribution in [3.05, 3.63) is 29.3 Å². The van der Waals surface area contributed by atoms with E-state index in [-0.39, 0.29) is 11.8 Å². The summed E-state index contributed by atoms with van der Waals surface area (Å²) < 4.78 is 0. The van der Waals surface area contributed by atoms with Crippen LogP contribution in [0, 0.1) is 6.92 Å². The van der Waals surface area contributed by atoms with Crippen molar-refractivity contribution in [1.29, 1.82) is 0 Å². The number of hydrogen-bond acceptors (Lipinski definition) is 3. The van der Waals surface area contributed by atoms with Crippen LogP contribution in [0.15, 0.2) is 18.2 Å². The molecule has 1 aliphatic rings. The maximum Gasteiger partial charge on any atom is 0.253 e. The van der Waals surface area contributed by atoms with Gasteiger partial charge in [0, 0.05) is 19.5 Å². The lowest BCUT2D eigenvalue weighted by Gasteiger charge is -2.20. The van der Waals surface area contributed by atoms with E-state index in [1.165, 1.54) is 0 Å². The summed E-state index contributed by atoms with van der Waals surface area (Å²) in [7, 11) is 0. The Morgan fingerprint density at radius 2 is 2.24 bits per heavy atom. The van der Waals surface area contributed by atoms with Crippen molar-refractivity contribution < 1.29 is 14.7 Å². The van der Waals surface area contributed by atoms with Gasteiger partial charge in [0.1, 0.15) is 0 Å². The van der Waals surface area contributed by atoms with E-state index in [9.17, 15) is 14.7 Å². The van der Waals surface area contributed by atoms with Gasteiger partial charge in [0.15, 0.2) is 0 Å². The SMILES string of the molecule is Cc1ccc(N2CCCC2=O)c(C(=O)NCCC(C)O)c1. The quantitative estimate of drug-likeness (QED) is 0.866. The lowest BCUT2D eigenvalue weighted by molar-refractivity contribution is -0.117. The van der Waals surface area contributed by atoms with Crippen LogP contribution in [0.5, 0.6) is 0 Å². The first-order valence-electron chi connectivity index (χ1n) is 7.36. The second kappa shape index (κ2) is 6.72. The first-order valence-corrected chi connectivity index (χ1v) is 7.36. The summed E-state index contributed by atoms with van der Waals surface area (Å²) in [6.07, 6.45) is 1.44. The summed E-state index contributed by atoms with van der Waals surface area (Å²) >= 11 is 0. The van der Waals surface area contributed by atoms with Crippen LogP contribution in [0.3, 0.4) is 0 Å². The lowest BCUT2D eigenvalue weighted by Crippen LogP contribution is -2.31. The molecule has 2 amide bonds. The molecule has 1 heterocycles. The molecule has 1 aromatic rings. The molecular formula is C16H22N2O3. The van der Waals surface area contributed by atoms with Gasteiger partial charge >= 0.3 is 0 Å². The van der Waals surface area contributed by atoms with Crippen LogP contribution < -0.4 is 10.2 Å². The zero-order valence-corrected chi connectivity index (χ0v) is 12.6. The van der Waals surface area contributed by atoms with Crippen LogP contribution in [-0.2, 0) is 4.79 Å². The van der Waals surface area contributed by atoms with E-state index < -0.39 is 6.10 Å². The van der Waals surface area contributed by atoms with Gasteiger partial charge in [-0.1, -0.05) is 11.6 Å². The van der Waals surface area contributed by atoms with Crippen molar-refractivity contribution in [3.63, 3.8) is 0 Å². The standard InChI is InChI=1S/C16H22N2O3/c1-11-5-6-14(18-9-3-4-15(18)20)13(10-11)16(21)17-8-7-12(2)19/h5-6,10,12,19H,3-4,7-9H2,1-2H3,(H,17,21). The fourth-order valence-electron chi connectivity index (χ4n) is 2.46. The number of carbonyl (C=O) groups is 2. The number of aliphatic hydroxyl groups excluding tert-OH is 1. The third kappa shape index (κ3) is 3.82. The monoisotopic (exact) mass is 290 g/mol. The van der Waals surface area contributed by atoms with E-state index in [1.54, 1.807) is 17.9 Å². The molecule has 5 heteroatoms. The first kappa shape index (κ1) is 15.5. The van der Waals surface area contributed by atoms with Gasteiger partial charge in [-0.25, -0.2) is 0 Å². The molecule has 0 aliphatic carbocycles. The molecule has 0 aromatic heterocycles. The molecule has 2 rings (SSSR count). The van der Waals surface area contributed by atoms with Crippen LogP contribution in [0.25, 0.3) is 0 Å². The number of hydrogen-bond donors (Lipinski definition) is 2. The average molecular weight is 290 g/mol. The number of amides is 2. The normalized spacial score (nSPS) is 16.1. The number of carbonyl (C=O) groups excluding carboxylic acids is 2. The molecule has 0 bridgehead atoms. The third-order valence-corrected chi connectivity index (χ3v) is 3.61. The van der Waals surface area contributed by atoms with Crippen LogP contribution in [-0.4, -0.2) is 36.1 Å². The Balaban J connectivity index is 2.18. The molecule has 1 aliphatic heterocycles. The molecule has 1 unspecified atom stereocenters. The molecule has 0 spiro atoms. The molecule has 1 aromatic carbocycles.